The van der Waals surface area contributed by atoms with Crippen LogP contribution in [0.25, 0.3) is 0 Å². The first-order chi connectivity index (χ1) is 8.25. The zero-order valence-electron chi connectivity index (χ0n) is 10.0. The van der Waals surface area contributed by atoms with Gasteiger partial charge >= 0.3 is 7.12 Å². The number of hydrogen-bond acceptors (Lipinski definition) is 3. The summed E-state index contributed by atoms with van der Waals surface area (Å²) in [5.74, 6) is 2.00. The van der Waals surface area contributed by atoms with E-state index in [1.165, 1.54) is 32.1 Å². The molecule has 0 bridgehead atoms. The molecule has 17 heavy (non-hydrogen) atoms. The van der Waals surface area contributed by atoms with Gasteiger partial charge in [0.2, 0.25) is 0 Å². The molecule has 0 radical (unpaired) electrons. The SMILES string of the molecule is OB(O)c1cccc(SCC2CCCCC2)c1. The first kappa shape index (κ1) is 13.0. The first-order valence-corrected chi connectivity index (χ1v) is 7.33. The Morgan fingerprint density at radius 3 is 2.65 bits per heavy atom. The van der Waals surface area contributed by atoms with Crippen LogP contribution in [0.5, 0.6) is 0 Å². The number of rotatable bonds is 4. The Hall–Kier alpha value is -0.445. The summed E-state index contributed by atoms with van der Waals surface area (Å²) in [6, 6.07) is 7.55. The Bertz CT molecular complexity index is 351. The van der Waals surface area contributed by atoms with Crippen LogP contribution in [0.2, 0.25) is 0 Å². The third kappa shape index (κ3) is 4.05. The van der Waals surface area contributed by atoms with Gasteiger partial charge in [0.25, 0.3) is 0 Å². The van der Waals surface area contributed by atoms with E-state index in [1.54, 1.807) is 6.07 Å². The Morgan fingerprint density at radius 1 is 1.18 bits per heavy atom. The van der Waals surface area contributed by atoms with E-state index < -0.39 is 7.12 Å². The maximum absolute atomic E-state index is 9.11. The van der Waals surface area contributed by atoms with Crippen molar-refractivity contribution in [1.82, 2.24) is 0 Å². The van der Waals surface area contributed by atoms with Gasteiger partial charge in [0.05, 0.1) is 0 Å². The largest absolute Gasteiger partial charge is 0.488 e. The van der Waals surface area contributed by atoms with Gasteiger partial charge < -0.3 is 10.0 Å². The molecule has 0 aromatic heterocycles. The molecular weight excluding hydrogens is 231 g/mol. The van der Waals surface area contributed by atoms with Crippen LogP contribution in [0.15, 0.2) is 29.2 Å². The monoisotopic (exact) mass is 250 g/mol. The van der Waals surface area contributed by atoms with Crippen molar-refractivity contribution < 1.29 is 10.0 Å². The molecule has 1 aromatic carbocycles. The average molecular weight is 250 g/mol. The lowest BCUT2D eigenvalue weighted by molar-refractivity contribution is 0.391. The molecule has 0 amide bonds. The number of benzene rings is 1. The van der Waals surface area contributed by atoms with Crippen LogP contribution in [0.3, 0.4) is 0 Å². The van der Waals surface area contributed by atoms with Crippen LogP contribution >= 0.6 is 11.8 Å². The number of hydrogen-bond donors (Lipinski definition) is 2. The van der Waals surface area contributed by atoms with Gasteiger partial charge in [0, 0.05) is 10.6 Å². The highest BCUT2D eigenvalue weighted by atomic mass is 32.2. The van der Waals surface area contributed by atoms with Crippen molar-refractivity contribution in [2.24, 2.45) is 5.92 Å². The molecule has 4 heteroatoms. The molecule has 92 valence electrons. The minimum Gasteiger partial charge on any atom is -0.423 e. The summed E-state index contributed by atoms with van der Waals surface area (Å²) < 4.78 is 0. The fourth-order valence-corrected chi connectivity index (χ4v) is 3.49. The average Bonchev–Trinajstić information content (AvgIpc) is 2.38. The zero-order valence-corrected chi connectivity index (χ0v) is 10.8. The van der Waals surface area contributed by atoms with E-state index in [4.69, 9.17) is 10.0 Å². The second-order valence-electron chi connectivity index (χ2n) is 4.76. The summed E-state index contributed by atoms with van der Waals surface area (Å²) >= 11 is 1.84. The van der Waals surface area contributed by atoms with Crippen molar-refractivity contribution in [2.75, 3.05) is 5.75 Å². The van der Waals surface area contributed by atoms with Crippen LogP contribution in [0.4, 0.5) is 0 Å². The highest BCUT2D eigenvalue weighted by Crippen LogP contribution is 2.29. The van der Waals surface area contributed by atoms with Gasteiger partial charge in [-0.1, -0.05) is 31.4 Å². The maximum atomic E-state index is 9.11. The molecule has 2 rings (SSSR count). The van der Waals surface area contributed by atoms with E-state index in [2.05, 4.69) is 0 Å². The summed E-state index contributed by atoms with van der Waals surface area (Å²) in [6.45, 7) is 0. The van der Waals surface area contributed by atoms with E-state index >= 15 is 0 Å². The normalized spacial score (nSPS) is 17.1. The van der Waals surface area contributed by atoms with Crippen molar-refractivity contribution in [3.63, 3.8) is 0 Å². The van der Waals surface area contributed by atoms with Crippen LogP contribution in [-0.4, -0.2) is 22.9 Å². The van der Waals surface area contributed by atoms with Gasteiger partial charge in [-0.3, -0.25) is 0 Å². The van der Waals surface area contributed by atoms with Gasteiger partial charge in [0.15, 0.2) is 0 Å². The van der Waals surface area contributed by atoms with Crippen LogP contribution < -0.4 is 5.46 Å². The van der Waals surface area contributed by atoms with Crippen LogP contribution in [0.1, 0.15) is 32.1 Å². The van der Waals surface area contributed by atoms with Gasteiger partial charge in [-0.25, -0.2) is 0 Å². The Balaban J connectivity index is 1.87. The lowest BCUT2D eigenvalue weighted by atomic mass is 9.80. The van der Waals surface area contributed by atoms with Crippen LogP contribution in [-0.2, 0) is 0 Å². The molecule has 1 saturated carbocycles. The van der Waals surface area contributed by atoms with E-state index in [1.807, 2.05) is 30.0 Å². The van der Waals surface area contributed by atoms with Crippen molar-refractivity contribution >= 4 is 24.3 Å². The van der Waals surface area contributed by atoms with E-state index in [-0.39, 0.29) is 0 Å². The van der Waals surface area contributed by atoms with Crippen molar-refractivity contribution in [2.45, 2.75) is 37.0 Å². The second kappa shape index (κ2) is 6.48. The minimum atomic E-state index is -1.36. The fraction of sp³-hybridized carbons (Fsp3) is 0.538. The lowest BCUT2D eigenvalue weighted by Crippen LogP contribution is -2.29. The molecule has 1 aliphatic carbocycles. The van der Waals surface area contributed by atoms with E-state index in [0.717, 1.165) is 16.6 Å². The summed E-state index contributed by atoms with van der Waals surface area (Å²) in [5.41, 5.74) is 0.582. The first-order valence-electron chi connectivity index (χ1n) is 6.34. The lowest BCUT2D eigenvalue weighted by Gasteiger charge is -2.21. The highest BCUT2D eigenvalue weighted by Gasteiger charge is 2.14. The van der Waals surface area contributed by atoms with Crippen molar-refractivity contribution in [3.8, 4) is 0 Å². The van der Waals surface area contributed by atoms with Gasteiger partial charge in [-0.15, -0.1) is 11.8 Å². The molecule has 1 aliphatic rings. The summed E-state index contributed by atoms with van der Waals surface area (Å²) in [6.07, 6.45) is 6.86. The molecule has 1 aromatic rings. The molecule has 0 heterocycles. The molecule has 0 saturated heterocycles. The molecule has 2 N–H and O–H groups in total. The van der Waals surface area contributed by atoms with E-state index in [9.17, 15) is 0 Å². The van der Waals surface area contributed by atoms with E-state index in [0.29, 0.717) is 5.46 Å². The summed E-state index contributed by atoms with van der Waals surface area (Å²) in [4.78, 5) is 1.14. The highest BCUT2D eigenvalue weighted by molar-refractivity contribution is 7.99. The van der Waals surface area contributed by atoms with Gasteiger partial charge in [-0.05, 0) is 36.4 Å². The zero-order chi connectivity index (χ0) is 12.1. The Labute approximate surface area is 108 Å². The second-order valence-corrected chi connectivity index (χ2v) is 5.85. The maximum Gasteiger partial charge on any atom is 0.488 e. The topological polar surface area (TPSA) is 40.5 Å². The van der Waals surface area contributed by atoms with Gasteiger partial charge in [0.1, 0.15) is 0 Å². The number of thioether (sulfide) groups is 1. The predicted molar refractivity (Wildman–Crippen MR) is 73.6 cm³/mol. The molecule has 0 unspecified atom stereocenters. The van der Waals surface area contributed by atoms with Crippen molar-refractivity contribution in [3.05, 3.63) is 24.3 Å². The Morgan fingerprint density at radius 2 is 1.94 bits per heavy atom. The molecule has 1 fully saturated rings. The third-order valence-corrected chi connectivity index (χ3v) is 4.59. The summed E-state index contributed by atoms with van der Waals surface area (Å²) in [7, 11) is -1.36. The molecule has 0 atom stereocenters. The smallest absolute Gasteiger partial charge is 0.423 e. The Kier molecular flexibility index (Phi) is 4.95. The minimum absolute atomic E-state index is 0.582. The van der Waals surface area contributed by atoms with Crippen LogP contribution in [0, 0.1) is 5.92 Å². The van der Waals surface area contributed by atoms with Crippen molar-refractivity contribution in [1.29, 1.82) is 0 Å². The molecule has 0 aliphatic heterocycles. The molecular formula is C13H19BO2S. The third-order valence-electron chi connectivity index (χ3n) is 3.37. The molecule has 0 spiro atoms. The summed E-state index contributed by atoms with van der Waals surface area (Å²) in [5, 5.41) is 18.2. The van der Waals surface area contributed by atoms with Gasteiger partial charge in [-0.2, -0.15) is 0 Å². The molecule has 2 nitrogen and oxygen atoms in total. The fourth-order valence-electron chi connectivity index (χ4n) is 2.33. The quantitative estimate of drug-likeness (QED) is 0.634. The standard InChI is InChI=1S/C13H19BO2S/c15-14(16)12-7-4-8-13(9-12)17-10-11-5-2-1-3-6-11/h4,7-9,11,15-16H,1-3,5-6,10H2. The predicted octanol–water partition coefficient (Wildman–Crippen LogP) is 2.04.